The highest BCUT2D eigenvalue weighted by molar-refractivity contribution is 6.26. The molecule has 0 aromatic heterocycles. The fourth-order valence-corrected chi connectivity index (χ4v) is 1.39. The van der Waals surface area contributed by atoms with E-state index in [1.54, 1.807) is 0 Å². The van der Waals surface area contributed by atoms with Crippen LogP contribution in [0.3, 0.4) is 0 Å². The van der Waals surface area contributed by atoms with Crippen LogP contribution in [0, 0.1) is 0 Å². The number of hydrogen-bond acceptors (Lipinski definition) is 3. The van der Waals surface area contributed by atoms with Gasteiger partial charge in [-0.15, -0.1) is 0 Å². The van der Waals surface area contributed by atoms with Crippen molar-refractivity contribution in [3.05, 3.63) is 0 Å². The summed E-state index contributed by atoms with van der Waals surface area (Å²) < 4.78 is 51.1. The van der Waals surface area contributed by atoms with Gasteiger partial charge in [-0.3, -0.25) is 4.79 Å². The fourth-order valence-electron chi connectivity index (χ4n) is 0.968. The average molecular weight is 302 g/mol. The van der Waals surface area contributed by atoms with Gasteiger partial charge in [-0.25, -0.2) is 0 Å². The summed E-state index contributed by atoms with van der Waals surface area (Å²) in [7, 11) is 0. The van der Waals surface area contributed by atoms with Gasteiger partial charge in [-0.2, -0.15) is 17.6 Å². The number of carbonyl (C=O) groups is 1. The Morgan fingerprint density at radius 2 is 1.53 bits per heavy atom. The van der Waals surface area contributed by atoms with E-state index in [-0.39, 0.29) is 0 Å². The zero-order valence-corrected chi connectivity index (χ0v) is 9.87. The SMILES string of the molecule is C[C@](N)(CC(O)(C(F)(F)Cl)C(F)(F)Cl)C(=O)O. The first kappa shape index (κ1) is 16.7. The minimum Gasteiger partial charge on any atom is -0.480 e. The number of nitrogens with two attached hydrogens (primary N) is 1. The lowest BCUT2D eigenvalue weighted by atomic mass is 9.86. The molecule has 0 unspecified atom stereocenters. The predicted octanol–water partition coefficient (Wildman–Crippen LogP) is 1.57. The molecule has 0 spiro atoms. The summed E-state index contributed by atoms with van der Waals surface area (Å²) in [6, 6.07) is 0. The summed E-state index contributed by atoms with van der Waals surface area (Å²) in [5.74, 6) is -1.88. The molecular weight excluding hydrogens is 293 g/mol. The van der Waals surface area contributed by atoms with E-state index in [0.717, 1.165) is 0 Å². The number of carboxylic acids is 1. The molecule has 0 aliphatic rings. The Labute approximate surface area is 103 Å². The van der Waals surface area contributed by atoms with Crippen LogP contribution in [0.4, 0.5) is 17.6 Å². The predicted molar refractivity (Wildman–Crippen MR) is 51.4 cm³/mol. The normalized spacial score (nSPS) is 17.7. The molecule has 0 aromatic rings. The van der Waals surface area contributed by atoms with Gasteiger partial charge < -0.3 is 15.9 Å². The lowest BCUT2D eigenvalue weighted by molar-refractivity contribution is -0.226. The number of aliphatic hydroxyl groups is 1. The Hall–Kier alpha value is -0.310. The zero-order chi connectivity index (χ0) is 14.3. The Morgan fingerprint density at radius 3 is 1.71 bits per heavy atom. The van der Waals surface area contributed by atoms with E-state index in [0.29, 0.717) is 6.92 Å². The Kier molecular flexibility index (Phi) is 4.34. The molecule has 0 bridgehead atoms. The molecule has 0 radical (unpaired) electrons. The lowest BCUT2D eigenvalue weighted by Gasteiger charge is -2.38. The van der Waals surface area contributed by atoms with Crippen molar-refractivity contribution in [3.63, 3.8) is 0 Å². The van der Waals surface area contributed by atoms with Crippen LogP contribution in [-0.4, -0.2) is 38.1 Å². The van der Waals surface area contributed by atoms with E-state index in [1.165, 1.54) is 0 Å². The second-order valence-electron chi connectivity index (χ2n) is 3.76. The fraction of sp³-hybridized carbons (Fsp3) is 0.857. The van der Waals surface area contributed by atoms with Crippen LogP contribution in [0.15, 0.2) is 0 Å². The molecule has 0 amide bonds. The molecule has 0 saturated heterocycles. The number of hydrogen-bond donors (Lipinski definition) is 3. The number of carboxylic acid groups (broad SMARTS) is 1. The van der Waals surface area contributed by atoms with Crippen LogP contribution in [0.1, 0.15) is 13.3 Å². The van der Waals surface area contributed by atoms with Crippen molar-refractivity contribution in [1.29, 1.82) is 0 Å². The molecule has 4 N–H and O–H groups in total. The second kappa shape index (κ2) is 4.42. The molecule has 0 saturated carbocycles. The molecule has 0 fully saturated rings. The van der Waals surface area contributed by atoms with Gasteiger partial charge in [0.15, 0.2) is 0 Å². The van der Waals surface area contributed by atoms with E-state index >= 15 is 0 Å². The first-order chi connectivity index (χ1) is 7.15. The van der Waals surface area contributed by atoms with Crippen LogP contribution < -0.4 is 5.73 Å². The van der Waals surface area contributed by atoms with Gasteiger partial charge in [0.1, 0.15) is 5.54 Å². The number of aliphatic carboxylic acids is 1. The molecule has 0 rings (SSSR count). The highest BCUT2D eigenvalue weighted by Gasteiger charge is 2.68. The topological polar surface area (TPSA) is 83.5 Å². The van der Waals surface area contributed by atoms with Crippen LogP contribution in [0.5, 0.6) is 0 Å². The van der Waals surface area contributed by atoms with Crippen LogP contribution in [-0.2, 0) is 4.79 Å². The molecular formula is C7H9Cl2F4NO3. The summed E-state index contributed by atoms with van der Waals surface area (Å²) in [4.78, 5) is 10.5. The maximum absolute atomic E-state index is 12.8. The number of halogens is 6. The van der Waals surface area contributed by atoms with Gasteiger partial charge in [0.25, 0.3) is 0 Å². The highest BCUT2D eigenvalue weighted by atomic mass is 35.5. The molecule has 0 aromatic carbocycles. The van der Waals surface area contributed by atoms with Crippen LogP contribution in [0.25, 0.3) is 0 Å². The highest BCUT2D eigenvalue weighted by Crippen LogP contribution is 2.49. The molecule has 4 nitrogen and oxygen atoms in total. The first-order valence-corrected chi connectivity index (χ1v) is 4.79. The summed E-state index contributed by atoms with van der Waals surface area (Å²) >= 11 is 8.68. The third kappa shape index (κ3) is 3.34. The number of alkyl halides is 6. The van der Waals surface area contributed by atoms with Crippen molar-refractivity contribution in [2.75, 3.05) is 0 Å². The quantitative estimate of drug-likeness (QED) is 0.532. The number of rotatable bonds is 5. The smallest absolute Gasteiger partial charge is 0.357 e. The van der Waals surface area contributed by atoms with Crippen LogP contribution in [0.2, 0.25) is 0 Å². The molecule has 0 aliphatic heterocycles. The van der Waals surface area contributed by atoms with Crippen molar-refractivity contribution in [2.45, 2.75) is 35.2 Å². The van der Waals surface area contributed by atoms with Gasteiger partial charge in [0.2, 0.25) is 5.60 Å². The van der Waals surface area contributed by atoms with Gasteiger partial charge >= 0.3 is 16.7 Å². The minimum atomic E-state index is -4.87. The third-order valence-electron chi connectivity index (χ3n) is 2.05. The van der Waals surface area contributed by atoms with Crippen molar-refractivity contribution in [1.82, 2.24) is 0 Å². The minimum absolute atomic E-state index is 0.658. The first-order valence-electron chi connectivity index (χ1n) is 4.03. The summed E-state index contributed by atoms with van der Waals surface area (Å²) in [6.07, 6.45) is -1.75. The molecule has 0 aliphatic carbocycles. The monoisotopic (exact) mass is 301 g/mol. The van der Waals surface area contributed by atoms with Gasteiger partial charge in [0, 0.05) is 6.42 Å². The van der Waals surface area contributed by atoms with E-state index in [9.17, 15) is 22.4 Å². The summed E-state index contributed by atoms with van der Waals surface area (Å²) in [5, 5.41) is 7.95. The van der Waals surface area contributed by atoms with Crippen molar-refractivity contribution in [3.8, 4) is 0 Å². The summed E-state index contributed by atoms with van der Waals surface area (Å²) in [5.41, 5.74) is -1.87. The van der Waals surface area contributed by atoms with Crippen molar-refractivity contribution >= 4 is 29.2 Å². The maximum atomic E-state index is 12.8. The molecule has 10 heteroatoms. The Morgan fingerprint density at radius 1 is 1.24 bits per heavy atom. The second-order valence-corrected chi connectivity index (χ2v) is 4.70. The zero-order valence-electron chi connectivity index (χ0n) is 8.35. The van der Waals surface area contributed by atoms with Crippen molar-refractivity contribution in [2.24, 2.45) is 5.73 Å². The Bertz CT molecular complexity index is 299. The van der Waals surface area contributed by atoms with Gasteiger partial charge in [-0.05, 0) is 30.1 Å². The van der Waals surface area contributed by atoms with E-state index < -0.39 is 34.3 Å². The van der Waals surface area contributed by atoms with Crippen LogP contribution >= 0.6 is 23.2 Å². The standard InChI is InChI=1S/C7H9Cl2F4NO3/c1-4(14,3(15)16)2-5(17,6(8,10)11)7(9,12)13/h17H,2,14H2,1H3,(H,15,16)/t4-/m0/s1. The van der Waals surface area contributed by atoms with Gasteiger partial charge in [-0.1, -0.05) is 0 Å². The lowest BCUT2D eigenvalue weighted by Crippen LogP contribution is -2.62. The third-order valence-corrected chi connectivity index (χ3v) is 2.67. The molecule has 17 heavy (non-hydrogen) atoms. The largest absolute Gasteiger partial charge is 0.480 e. The maximum Gasteiger partial charge on any atom is 0.357 e. The molecule has 1 atom stereocenters. The van der Waals surface area contributed by atoms with E-state index in [2.05, 4.69) is 23.2 Å². The average Bonchev–Trinajstić information content (AvgIpc) is 1.98. The van der Waals surface area contributed by atoms with E-state index in [1.807, 2.05) is 0 Å². The van der Waals surface area contributed by atoms with Gasteiger partial charge in [0.05, 0.1) is 0 Å². The molecule has 102 valence electrons. The van der Waals surface area contributed by atoms with Crippen molar-refractivity contribution < 1.29 is 32.6 Å². The Balaban J connectivity index is 5.49. The molecule has 0 heterocycles. The summed E-state index contributed by atoms with van der Waals surface area (Å²) in [6.45, 7) is 0.658. The van der Waals surface area contributed by atoms with E-state index in [4.69, 9.17) is 15.9 Å².